The van der Waals surface area contributed by atoms with Crippen LogP contribution in [0.1, 0.15) is 5.56 Å². The third-order valence-corrected chi connectivity index (χ3v) is 1.95. The molecule has 1 aromatic carbocycles. The Morgan fingerprint density at radius 2 is 1.81 bits per heavy atom. The highest BCUT2D eigenvalue weighted by molar-refractivity contribution is 5.82. The number of rotatable bonds is 4. The van der Waals surface area contributed by atoms with Gasteiger partial charge in [-0.2, -0.15) is 0 Å². The smallest absolute Gasteiger partial charge is 0.330 e. The number of carbonyl (C=O) groups excluding carboxylic acids is 1. The van der Waals surface area contributed by atoms with Crippen LogP contribution in [0.3, 0.4) is 0 Å². The van der Waals surface area contributed by atoms with Gasteiger partial charge in [0.05, 0.1) is 14.2 Å². The molecular formula is C13H14O3. The Hall–Kier alpha value is -2.03. The highest BCUT2D eigenvalue weighted by atomic mass is 16.5. The van der Waals surface area contributed by atoms with Gasteiger partial charge in [-0.05, 0) is 17.7 Å². The van der Waals surface area contributed by atoms with Crippen LogP contribution in [-0.4, -0.2) is 20.2 Å². The molecule has 0 saturated carbocycles. The van der Waals surface area contributed by atoms with Crippen molar-refractivity contribution in [3.8, 4) is 5.75 Å². The van der Waals surface area contributed by atoms with Gasteiger partial charge in [0, 0.05) is 6.08 Å². The van der Waals surface area contributed by atoms with Crippen molar-refractivity contribution in [1.29, 1.82) is 0 Å². The van der Waals surface area contributed by atoms with Gasteiger partial charge in [0.2, 0.25) is 0 Å². The van der Waals surface area contributed by atoms with E-state index in [1.807, 2.05) is 30.3 Å². The fourth-order valence-electron chi connectivity index (χ4n) is 1.08. The Bertz CT molecular complexity index is 388. The first-order valence-corrected chi connectivity index (χ1v) is 4.83. The molecule has 84 valence electrons. The van der Waals surface area contributed by atoms with E-state index in [9.17, 15) is 4.79 Å². The first kappa shape index (κ1) is 12.0. The quantitative estimate of drug-likeness (QED) is 0.442. The number of carbonyl (C=O) groups is 1. The fraction of sp³-hybridized carbons (Fsp3) is 0.154. The molecule has 0 aliphatic carbocycles. The van der Waals surface area contributed by atoms with Crippen LogP contribution in [0.5, 0.6) is 5.75 Å². The van der Waals surface area contributed by atoms with Gasteiger partial charge in [0.1, 0.15) is 5.75 Å². The van der Waals surface area contributed by atoms with E-state index in [-0.39, 0.29) is 5.97 Å². The van der Waals surface area contributed by atoms with Crippen molar-refractivity contribution in [2.24, 2.45) is 0 Å². The maximum atomic E-state index is 10.7. The van der Waals surface area contributed by atoms with Crippen molar-refractivity contribution >= 4 is 12.0 Å². The lowest BCUT2D eigenvalue weighted by molar-refractivity contribution is -0.134. The minimum absolute atomic E-state index is 0.362. The number of allylic oxidation sites excluding steroid dienone is 2. The molecule has 0 atom stereocenters. The van der Waals surface area contributed by atoms with Gasteiger partial charge >= 0.3 is 5.97 Å². The largest absolute Gasteiger partial charge is 0.497 e. The molecule has 1 rings (SSSR count). The van der Waals surface area contributed by atoms with Crippen LogP contribution in [0.4, 0.5) is 0 Å². The van der Waals surface area contributed by atoms with E-state index in [4.69, 9.17) is 4.74 Å². The topological polar surface area (TPSA) is 35.5 Å². The average Bonchev–Trinajstić information content (AvgIpc) is 2.35. The number of methoxy groups -OCH3 is 2. The molecule has 0 aromatic heterocycles. The van der Waals surface area contributed by atoms with Gasteiger partial charge in [-0.25, -0.2) is 4.79 Å². The summed E-state index contributed by atoms with van der Waals surface area (Å²) >= 11 is 0. The van der Waals surface area contributed by atoms with Crippen LogP contribution in [0.2, 0.25) is 0 Å². The predicted molar refractivity (Wildman–Crippen MR) is 63.2 cm³/mol. The van der Waals surface area contributed by atoms with Crippen LogP contribution in [-0.2, 0) is 9.53 Å². The zero-order valence-electron chi connectivity index (χ0n) is 9.34. The Balaban J connectivity index is 2.56. The van der Waals surface area contributed by atoms with Crippen molar-refractivity contribution in [3.05, 3.63) is 48.1 Å². The average molecular weight is 218 g/mol. The summed E-state index contributed by atoms with van der Waals surface area (Å²) in [7, 11) is 2.98. The van der Waals surface area contributed by atoms with E-state index >= 15 is 0 Å². The molecule has 0 aliphatic rings. The van der Waals surface area contributed by atoms with Crippen molar-refractivity contribution in [2.75, 3.05) is 14.2 Å². The van der Waals surface area contributed by atoms with Gasteiger partial charge in [-0.1, -0.05) is 30.4 Å². The van der Waals surface area contributed by atoms with Crippen molar-refractivity contribution in [3.63, 3.8) is 0 Å². The number of ether oxygens (including phenoxy) is 2. The highest BCUT2D eigenvalue weighted by Crippen LogP contribution is 2.12. The van der Waals surface area contributed by atoms with Crippen LogP contribution >= 0.6 is 0 Å². The second-order valence-electron chi connectivity index (χ2n) is 3.01. The second kappa shape index (κ2) is 6.45. The standard InChI is InChI=1S/C13H14O3/c1-15-12-9-7-11(8-10-12)5-3-4-6-13(14)16-2/h3-10H,1-2H3/b5-3?,6-4+. The number of benzene rings is 1. The molecule has 0 radical (unpaired) electrons. The summed E-state index contributed by atoms with van der Waals surface area (Å²) in [6.45, 7) is 0. The van der Waals surface area contributed by atoms with Crippen molar-refractivity contribution in [1.82, 2.24) is 0 Å². The molecule has 0 N–H and O–H groups in total. The summed E-state index contributed by atoms with van der Waals surface area (Å²) < 4.78 is 9.50. The Kier molecular flexibility index (Phi) is 4.86. The first-order valence-electron chi connectivity index (χ1n) is 4.83. The highest BCUT2D eigenvalue weighted by Gasteiger charge is 1.89. The zero-order chi connectivity index (χ0) is 11.8. The molecule has 0 spiro atoms. The van der Waals surface area contributed by atoms with E-state index < -0.39 is 0 Å². The molecule has 0 amide bonds. The van der Waals surface area contributed by atoms with Crippen LogP contribution in [0.15, 0.2) is 42.5 Å². The Morgan fingerprint density at radius 3 is 2.38 bits per heavy atom. The Labute approximate surface area is 95.0 Å². The first-order chi connectivity index (χ1) is 7.76. The molecule has 0 bridgehead atoms. The SMILES string of the molecule is COC(=O)/C=C/C=Cc1ccc(OC)cc1. The molecule has 0 saturated heterocycles. The molecule has 3 heteroatoms. The van der Waals surface area contributed by atoms with Crippen molar-refractivity contribution in [2.45, 2.75) is 0 Å². The fourth-order valence-corrected chi connectivity index (χ4v) is 1.08. The second-order valence-corrected chi connectivity index (χ2v) is 3.01. The van der Waals surface area contributed by atoms with Crippen molar-refractivity contribution < 1.29 is 14.3 Å². The minimum atomic E-state index is -0.362. The summed E-state index contributed by atoms with van der Waals surface area (Å²) in [6.07, 6.45) is 6.66. The van der Waals surface area contributed by atoms with E-state index in [0.29, 0.717) is 0 Å². The van der Waals surface area contributed by atoms with Gasteiger partial charge < -0.3 is 9.47 Å². The van der Waals surface area contributed by atoms with Gasteiger partial charge in [-0.15, -0.1) is 0 Å². The lowest BCUT2D eigenvalue weighted by Gasteiger charge is -1.98. The molecule has 0 unspecified atom stereocenters. The number of hydrogen-bond donors (Lipinski definition) is 0. The monoisotopic (exact) mass is 218 g/mol. The third kappa shape index (κ3) is 4.00. The molecule has 1 aromatic rings. The third-order valence-electron chi connectivity index (χ3n) is 1.95. The predicted octanol–water partition coefficient (Wildman–Crippen LogP) is 2.44. The molecule has 16 heavy (non-hydrogen) atoms. The number of hydrogen-bond acceptors (Lipinski definition) is 3. The normalized spacial score (nSPS) is 10.9. The van der Waals surface area contributed by atoms with E-state index in [1.54, 1.807) is 19.3 Å². The maximum absolute atomic E-state index is 10.7. The van der Waals surface area contributed by atoms with E-state index in [0.717, 1.165) is 11.3 Å². The van der Waals surface area contributed by atoms with Crippen LogP contribution < -0.4 is 4.74 Å². The molecule has 0 heterocycles. The minimum Gasteiger partial charge on any atom is -0.497 e. The summed E-state index contributed by atoms with van der Waals surface area (Å²) in [5, 5.41) is 0. The summed E-state index contributed by atoms with van der Waals surface area (Å²) in [4.78, 5) is 10.7. The lowest BCUT2D eigenvalue weighted by atomic mass is 10.2. The summed E-state index contributed by atoms with van der Waals surface area (Å²) in [5.41, 5.74) is 1.04. The van der Waals surface area contributed by atoms with Gasteiger partial charge in [0.25, 0.3) is 0 Å². The Morgan fingerprint density at radius 1 is 1.12 bits per heavy atom. The van der Waals surface area contributed by atoms with E-state index in [1.165, 1.54) is 13.2 Å². The maximum Gasteiger partial charge on any atom is 0.330 e. The molecule has 3 nitrogen and oxygen atoms in total. The summed E-state index contributed by atoms with van der Waals surface area (Å²) in [5.74, 6) is 0.460. The molecular weight excluding hydrogens is 204 g/mol. The summed E-state index contributed by atoms with van der Waals surface area (Å²) in [6, 6.07) is 7.62. The van der Waals surface area contributed by atoms with Crippen LogP contribution in [0, 0.1) is 0 Å². The van der Waals surface area contributed by atoms with Crippen LogP contribution in [0.25, 0.3) is 6.08 Å². The van der Waals surface area contributed by atoms with Gasteiger partial charge in [-0.3, -0.25) is 0 Å². The zero-order valence-corrected chi connectivity index (χ0v) is 9.34. The lowest BCUT2D eigenvalue weighted by Crippen LogP contribution is -1.92. The molecule has 0 fully saturated rings. The van der Waals surface area contributed by atoms with E-state index in [2.05, 4.69) is 4.74 Å². The number of esters is 1. The van der Waals surface area contributed by atoms with Gasteiger partial charge in [0.15, 0.2) is 0 Å². The molecule has 0 aliphatic heterocycles.